The Morgan fingerprint density at radius 3 is 2.30 bits per heavy atom. The number of amides is 4. The molecule has 1 unspecified atom stereocenters. The van der Waals surface area contributed by atoms with Gasteiger partial charge < -0.3 is 30.2 Å². The molecule has 1 fully saturated rings. The van der Waals surface area contributed by atoms with Crippen LogP contribution in [0.25, 0.3) is 11.1 Å². The van der Waals surface area contributed by atoms with Crippen molar-refractivity contribution in [3.05, 3.63) is 107 Å². The molecule has 4 N–H and O–H groups in total. The molecule has 0 aliphatic carbocycles. The van der Waals surface area contributed by atoms with Crippen molar-refractivity contribution in [1.82, 2.24) is 26.3 Å². The van der Waals surface area contributed by atoms with E-state index in [1.165, 1.54) is 16.7 Å². The lowest BCUT2D eigenvalue weighted by Crippen LogP contribution is -2.39. The Hall–Kier alpha value is -5.75. The van der Waals surface area contributed by atoms with Gasteiger partial charge in [-0.05, 0) is 72.2 Å². The summed E-state index contributed by atoms with van der Waals surface area (Å²) in [6.45, 7) is 4.71. The Morgan fingerprint density at radius 2 is 1.53 bits per heavy atom. The number of imide groups is 1. The Kier molecular flexibility index (Phi) is 16.9. The van der Waals surface area contributed by atoms with E-state index in [0.29, 0.717) is 69.6 Å². The summed E-state index contributed by atoms with van der Waals surface area (Å²) in [5.74, 6) is 0.538. The molecule has 12 nitrogen and oxygen atoms in total. The summed E-state index contributed by atoms with van der Waals surface area (Å²) in [4.78, 5) is 52.5. The first kappa shape index (κ1) is 42.4. The molecule has 1 saturated heterocycles. The Morgan fingerprint density at radius 1 is 0.772 bits per heavy atom. The van der Waals surface area contributed by atoms with E-state index < -0.39 is 0 Å². The van der Waals surface area contributed by atoms with E-state index in [2.05, 4.69) is 57.4 Å². The van der Waals surface area contributed by atoms with Gasteiger partial charge in [-0.25, -0.2) is 0 Å². The molecule has 1 aromatic heterocycles. The normalized spacial score (nSPS) is 13.8. The third-order valence-electron chi connectivity index (χ3n) is 10.00. The SMILES string of the molecule is COc1nc(OCc2cccc(-c3ccccc3)c2C)ccc1CNCCNC(=O)CCCCCCCCNC(=O)COc1ccc(C2CCC(=O)NC2=O)cc1. The number of ether oxygens (including phenoxy) is 3. The van der Waals surface area contributed by atoms with Gasteiger partial charge >= 0.3 is 0 Å². The molecule has 4 aromatic rings. The van der Waals surface area contributed by atoms with Crippen LogP contribution in [0.1, 0.15) is 86.0 Å². The number of methoxy groups -OCH3 is 1. The molecular formula is C45H55N5O7. The maximum Gasteiger partial charge on any atom is 0.257 e. The van der Waals surface area contributed by atoms with E-state index in [1.807, 2.05) is 36.4 Å². The van der Waals surface area contributed by atoms with Crippen molar-refractivity contribution in [1.29, 1.82) is 0 Å². The summed E-state index contributed by atoms with van der Waals surface area (Å²) in [7, 11) is 1.60. The van der Waals surface area contributed by atoms with Crippen LogP contribution in [0.15, 0.2) is 84.9 Å². The number of carbonyl (C=O) groups excluding carboxylic acids is 4. The molecule has 57 heavy (non-hydrogen) atoms. The van der Waals surface area contributed by atoms with Gasteiger partial charge in [0.15, 0.2) is 6.61 Å². The van der Waals surface area contributed by atoms with Gasteiger partial charge in [-0.1, -0.05) is 86.3 Å². The average Bonchev–Trinajstić information content (AvgIpc) is 3.22. The third-order valence-corrected chi connectivity index (χ3v) is 10.00. The van der Waals surface area contributed by atoms with Crippen LogP contribution < -0.4 is 35.5 Å². The molecule has 0 saturated carbocycles. The number of unbranched alkanes of at least 4 members (excludes halogenated alkanes) is 5. The van der Waals surface area contributed by atoms with Crippen molar-refractivity contribution in [2.24, 2.45) is 0 Å². The number of carbonyl (C=O) groups is 4. The van der Waals surface area contributed by atoms with Gasteiger partial charge in [0.25, 0.3) is 5.91 Å². The van der Waals surface area contributed by atoms with Gasteiger partial charge in [0, 0.05) is 50.7 Å². The summed E-state index contributed by atoms with van der Waals surface area (Å²) in [5, 5.41) is 11.6. The molecule has 12 heteroatoms. The first-order valence-electron chi connectivity index (χ1n) is 19.9. The van der Waals surface area contributed by atoms with Gasteiger partial charge in [-0.2, -0.15) is 4.98 Å². The Bertz CT molecular complexity index is 1920. The second-order valence-corrected chi connectivity index (χ2v) is 14.2. The van der Waals surface area contributed by atoms with Gasteiger partial charge in [-0.15, -0.1) is 0 Å². The van der Waals surface area contributed by atoms with Crippen LogP contribution in [0.2, 0.25) is 0 Å². The molecule has 5 rings (SSSR count). The number of aromatic nitrogens is 1. The minimum atomic E-state index is -0.350. The van der Waals surface area contributed by atoms with Crippen molar-refractivity contribution < 1.29 is 33.4 Å². The van der Waals surface area contributed by atoms with E-state index in [1.54, 1.807) is 31.4 Å². The quantitative estimate of drug-likeness (QED) is 0.0502. The minimum Gasteiger partial charge on any atom is -0.484 e. The number of pyridine rings is 1. The fraction of sp³-hybridized carbons (Fsp3) is 0.400. The van der Waals surface area contributed by atoms with Gasteiger partial charge in [0.2, 0.25) is 29.5 Å². The fourth-order valence-electron chi connectivity index (χ4n) is 6.72. The van der Waals surface area contributed by atoms with Crippen LogP contribution >= 0.6 is 0 Å². The van der Waals surface area contributed by atoms with Gasteiger partial charge in [0.1, 0.15) is 12.4 Å². The van der Waals surface area contributed by atoms with Crippen LogP contribution in [0, 0.1) is 6.92 Å². The van der Waals surface area contributed by atoms with Crippen LogP contribution in [-0.2, 0) is 32.3 Å². The van der Waals surface area contributed by atoms with Crippen LogP contribution in [0.3, 0.4) is 0 Å². The minimum absolute atomic E-state index is 0.0530. The van der Waals surface area contributed by atoms with Gasteiger partial charge in [-0.3, -0.25) is 24.5 Å². The highest BCUT2D eigenvalue weighted by atomic mass is 16.5. The zero-order chi connectivity index (χ0) is 40.2. The topological polar surface area (TPSA) is 157 Å². The predicted octanol–water partition coefficient (Wildman–Crippen LogP) is 6.30. The van der Waals surface area contributed by atoms with E-state index >= 15 is 0 Å². The molecule has 0 spiro atoms. The molecule has 0 bridgehead atoms. The van der Waals surface area contributed by atoms with E-state index in [4.69, 9.17) is 14.2 Å². The van der Waals surface area contributed by atoms with Crippen molar-refractivity contribution in [3.63, 3.8) is 0 Å². The van der Waals surface area contributed by atoms with Crippen LogP contribution in [0.4, 0.5) is 0 Å². The highest BCUT2D eigenvalue weighted by Crippen LogP contribution is 2.28. The lowest BCUT2D eigenvalue weighted by atomic mass is 9.90. The van der Waals surface area contributed by atoms with Crippen molar-refractivity contribution in [3.8, 4) is 28.6 Å². The number of nitrogens with one attached hydrogen (secondary N) is 4. The first-order chi connectivity index (χ1) is 27.8. The smallest absolute Gasteiger partial charge is 0.257 e. The van der Waals surface area contributed by atoms with Crippen molar-refractivity contribution in [2.75, 3.05) is 33.4 Å². The summed E-state index contributed by atoms with van der Waals surface area (Å²) < 4.78 is 17.2. The predicted molar refractivity (Wildman–Crippen MR) is 219 cm³/mol. The molecule has 3 aromatic carbocycles. The number of hydrogen-bond acceptors (Lipinski definition) is 9. The third kappa shape index (κ3) is 13.7. The number of hydrogen-bond donors (Lipinski definition) is 4. The molecule has 0 radical (unpaired) electrons. The molecule has 1 aliphatic heterocycles. The molecule has 302 valence electrons. The van der Waals surface area contributed by atoms with Gasteiger partial charge in [0.05, 0.1) is 13.0 Å². The maximum atomic E-state index is 12.3. The molecular weight excluding hydrogens is 723 g/mol. The summed E-state index contributed by atoms with van der Waals surface area (Å²) >= 11 is 0. The van der Waals surface area contributed by atoms with E-state index in [0.717, 1.165) is 55.2 Å². The lowest BCUT2D eigenvalue weighted by molar-refractivity contribution is -0.134. The average molecular weight is 778 g/mol. The molecule has 2 heterocycles. The second-order valence-electron chi connectivity index (χ2n) is 14.2. The summed E-state index contributed by atoms with van der Waals surface area (Å²) in [5.41, 5.74) is 6.36. The number of rotatable bonds is 23. The zero-order valence-corrected chi connectivity index (χ0v) is 33.1. The highest BCUT2D eigenvalue weighted by Gasteiger charge is 2.27. The van der Waals surface area contributed by atoms with Crippen LogP contribution in [-0.4, -0.2) is 62.0 Å². The first-order valence-corrected chi connectivity index (χ1v) is 19.9. The van der Waals surface area contributed by atoms with Crippen molar-refractivity contribution >= 4 is 23.6 Å². The fourth-order valence-corrected chi connectivity index (χ4v) is 6.72. The zero-order valence-electron chi connectivity index (χ0n) is 33.1. The Balaban J connectivity index is 0.853. The molecule has 1 atom stereocenters. The number of nitrogens with zero attached hydrogens (tertiary/aromatic N) is 1. The molecule has 4 amide bonds. The second kappa shape index (κ2) is 22.7. The molecule has 1 aliphatic rings. The Labute approximate surface area is 335 Å². The maximum absolute atomic E-state index is 12.3. The van der Waals surface area contributed by atoms with Crippen LogP contribution in [0.5, 0.6) is 17.5 Å². The van der Waals surface area contributed by atoms with E-state index in [9.17, 15) is 19.2 Å². The number of piperidine rings is 1. The standard InChI is InChI=1S/C45H55N5O7/c1-32-36(15-12-16-38(32)33-13-8-7-9-14-33)30-57-43-25-20-35(45(50-43)55-2)29-46-27-28-48-40(51)17-10-5-3-4-6-11-26-47-42(53)31-56-37-21-18-34(19-22-37)39-23-24-41(52)49-44(39)54/h7-9,12-16,18-22,25,39,46H,3-6,10-11,17,23-24,26-31H2,1-2H3,(H,47,53)(H,48,51)(H,49,52,54). The monoisotopic (exact) mass is 777 g/mol. The van der Waals surface area contributed by atoms with Crippen molar-refractivity contribution in [2.45, 2.75) is 83.8 Å². The van der Waals surface area contributed by atoms with E-state index in [-0.39, 0.29) is 36.2 Å². The largest absolute Gasteiger partial charge is 0.484 e. The lowest BCUT2D eigenvalue weighted by Gasteiger charge is -2.21. The number of benzene rings is 3. The summed E-state index contributed by atoms with van der Waals surface area (Å²) in [6, 6.07) is 27.4. The summed E-state index contributed by atoms with van der Waals surface area (Å²) in [6.07, 6.45) is 7.12. The highest BCUT2D eigenvalue weighted by molar-refractivity contribution is 6.00.